The van der Waals surface area contributed by atoms with Crippen LogP contribution in [0.5, 0.6) is 11.5 Å². The van der Waals surface area contributed by atoms with Crippen molar-refractivity contribution in [3.8, 4) is 11.5 Å². The smallest absolute Gasteiger partial charge is 0.270 e. The molecule has 1 aromatic heterocycles. The van der Waals surface area contributed by atoms with E-state index in [1.165, 1.54) is 11.3 Å². The molecule has 2 rings (SSSR count). The van der Waals surface area contributed by atoms with Gasteiger partial charge in [-0.15, -0.1) is 11.3 Å². The Balaban J connectivity index is 1.94. The molecule has 0 aliphatic heterocycles. The van der Waals surface area contributed by atoms with E-state index in [1.54, 1.807) is 19.6 Å². The van der Waals surface area contributed by atoms with Crippen LogP contribution in [0.4, 0.5) is 0 Å². The SMILES string of the molecule is COc1ccc(OC)c(CCNC(=O)c2csc(CN)n2)c1. The summed E-state index contributed by atoms with van der Waals surface area (Å²) in [6.45, 7) is 0.830. The topological polar surface area (TPSA) is 86.5 Å². The van der Waals surface area contributed by atoms with Crippen molar-refractivity contribution < 1.29 is 14.3 Å². The Morgan fingerprint density at radius 2 is 2.18 bits per heavy atom. The number of aromatic nitrogens is 1. The minimum absolute atomic E-state index is 0.196. The third-order valence-electron chi connectivity index (χ3n) is 3.13. The highest BCUT2D eigenvalue weighted by Gasteiger charge is 2.10. The number of nitrogens with one attached hydrogen (secondary N) is 1. The van der Waals surface area contributed by atoms with Crippen LogP contribution in [0.15, 0.2) is 23.6 Å². The summed E-state index contributed by atoms with van der Waals surface area (Å²) in [4.78, 5) is 16.1. The van der Waals surface area contributed by atoms with Gasteiger partial charge in [0.05, 0.1) is 14.2 Å². The largest absolute Gasteiger partial charge is 0.497 e. The highest BCUT2D eigenvalue weighted by molar-refractivity contribution is 7.09. The third-order valence-corrected chi connectivity index (χ3v) is 4.00. The molecule has 0 saturated carbocycles. The van der Waals surface area contributed by atoms with Gasteiger partial charge in [0, 0.05) is 18.5 Å². The molecular formula is C15H19N3O3S. The van der Waals surface area contributed by atoms with Gasteiger partial charge in [0.15, 0.2) is 0 Å². The number of nitrogens with two attached hydrogens (primary N) is 1. The van der Waals surface area contributed by atoms with E-state index in [-0.39, 0.29) is 5.91 Å². The van der Waals surface area contributed by atoms with Crippen molar-refractivity contribution in [1.82, 2.24) is 10.3 Å². The lowest BCUT2D eigenvalue weighted by Crippen LogP contribution is -2.26. The fourth-order valence-corrected chi connectivity index (χ4v) is 2.64. The molecule has 0 unspecified atom stereocenters. The minimum atomic E-state index is -0.196. The predicted molar refractivity (Wildman–Crippen MR) is 85.6 cm³/mol. The molecule has 118 valence electrons. The maximum Gasteiger partial charge on any atom is 0.270 e. The Bertz CT molecular complexity index is 643. The van der Waals surface area contributed by atoms with E-state index >= 15 is 0 Å². The zero-order valence-corrected chi connectivity index (χ0v) is 13.4. The van der Waals surface area contributed by atoms with Crippen molar-refractivity contribution in [1.29, 1.82) is 0 Å². The average Bonchev–Trinajstić information content (AvgIpc) is 3.03. The molecule has 22 heavy (non-hydrogen) atoms. The van der Waals surface area contributed by atoms with Crippen LogP contribution in [0.2, 0.25) is 0 Å². The van der Waals surface area contributed by atoms with Crippen LogP contribution in [0.3, 0.4) is 0 Å². The van der Waals surface area contributed by atoms with Crippen LogP contribution in [0.25, 0.3) is 0 Å². The maximum atomic E-state index is 12.0. The Hall–Kier alpha value is -2.12. The molecule has 0 fully saturated rings. The highest BCUT2D eigenvalue weighted by Crippen LogP contribution is 2.24. The first kappa shape index (κ1) is 16.3. The van der Waals surface area contributed by atoms with E-state index in [2.05, 4.69) is 10.3 Å². The van der Waals surface area contributed by atoms with Crippen LogP contribution in [0.1, 0.15) is 21.1 Å². The zero-order chi connectivity index (χ0) is 15.9. The molecule has 2 aromatic rings. The molecule has 0 aliphatic carbocycles. The molecule has 1 heterocycles. The summed E-state index contributed by atoms with van der Waals surface area (Å²) in [5.41, 5.74) is 6.87. The molecule has 0 bridgehead atoms. The Labute approximate surface area is 133 Å². The summed E-state index contributed by atoms with van der Waals surface area (Å²) in [6, 6.07) is 5.59. The van der Waals surface area contributed by atoms with Gasteiger partial charge < -0.3 is 20.5 Å². The van der Waals surface area contributed by atoms with Crippen molar-refractivity contribution in [2.24, 2.45) is 5.73 Å². The number of carbonyl (C=O) groups excluding carboxylic acids is 1. The van der Waals surface area contributed by atoms with Crippen LogP contribution in [-0.2, 0) is 13.0 Å². The fraction of sp³-hybridized carbons (Fsp3) is 0.333. The van der Waals surface area contributed by atoms with Crippen molar-refractivity contribution in [2.75, 3.05) is 20.8 Å². The number of ether oxygens (including phenoxy) is 2. The van der Waals surface area contributed by atoms with Crippen molar-refractivity contribution in [3.63, 3.8) is 0 Å². The molecule has 0 saturated heterocycles. The van der Waals surface area contributed by atoms with Crippen LogP contribution >= 0.6 is 11.3 Å². The molecule has 1 aromatic carbocycles. The number of amides is 1. The first-order valence-corrected chi connectivity index (χ1v) is 7.69. The molecular weight excluding hydrogens is 302 g/mol. The van der Waals surface area contributed by atoms with Gasteiger partial charge in [-0.3, -0.25) is 4.79 Å². The number of hydrogen-bond donors (Lipinski definition) is 2. The molecule has 0 atom stereocenters. The van der Waals surface area contributed by atoms with Crippen LogP contribution in [0, 0.1) is 0 Å². The molecule has 0 aliphatic rings. The highest BCUT2D eigenvalue weighted by atomic mass is 32.1. The van der Waals surface area contributed by atoms with Crippen LogP contribution < -0.4 is 20.5 Å². The summed E-state index contributed by atoms with van der Waals surface area (Å²) >= 11 is 1.39. The molecule has 1 amide bonds. The first-order valence-electron chi connectivity index (χ1n) is 6.81. The second kappa shape index (κ2) is 7.77. The molecule has 7 heteroatoms. The monoisotopic (exact) mass is 321 g/mol. The lowest BCUT2D eigenvalue weighted by molar-refractivity contribution is 0.0949. The fourth-order valence-electron chi connectivity index (χ4n) is 1.99. The van der Waals surface area contributed by atoms with Gasteiger partial charge in [-0.25, -0.2) is 4.98 Å². The first-order chi connectivity index (χ1) is 10.7. The summed E-state index contributed by atoms with van der Waals surface area (Å²) in [6.07, 6.45) is 0.639. The number of carbonyl (C=O) groups is 1. The van der Waals surface area contributed by atoms with Gasteiger partial charge >= 0.3 is 0 Å². The second-order valence-corrected chi connectivity index (χ2v) is 5.46. The number of benzene rings is 1. The van der Waals surface area contributed by atoms with Gasteiger partial charge in [0.25, 0.3) is 5.91 Å². The zero-order valence-electron chi connectivity index (χ0n) is 12.6. The second-order valence-electron chi connectivity index (χ2n) is 4.51. The summed E-state index contributed by atoms with van der Waals surface area (Å²) < 4.78 is 10.5. The molecule has 3 N–H and O–H groups in total. The Morgan fingerprint density at radius 3 is 2.82 bits per heavy atom. The molecule has 6 nitrogen and oxygen atoms in total. The number of hydrogen-bond acceptors (Lipinski definition) is 6. The average molecular weight is 321 g/mol. The van der Waals surface area contributed by atoms with Gasteiger partial charge in [0.1, 0.15) is 22.2 Å². The van der Waals surface area contributed by atoms with Crippen LogP contribution in [-0.4, -0.2) is 31.7 Å². The van der Waals surface area contributed by atoms with E-state index in [4.69, 9.17) is 15.2 Å². The normalized spacial score (nSPS) is 10.3. The van der Waals surface area contributed by atoms with Gasteiger partial charge in [-0.1, -0.05) is 0 Å². The summed E-state index contributed by atoms with van der Waals surface area (Å²) in [5.74, 6) is 1.33. The molecule has 0 radical (unpaired) electrons. The standard InChI is InChI=1S/C15H19N3O3S/c1-20-11-3-4-13(21-2)10(7-11)5-6-17-15(19)12-9-22-14(8-16)18-12/h3-4,7,9H,5-6,8,16H2,1-2H3,(H,17,19). The summed E-state index contributed by atoms with van der Waals surface area (Å²) in [5, 5.41) is 5.30. The lowest BCUT2D eigenvalue weighted by atomic mass is 10.1. The van der Waals surface area contributed by atoms with Gasteiger partial charge in [0.2, 0.25) is 0 Å². The van der Waals surface area contributed by atoms with E-state index < -0.39 is 0 Å². The predicted octanol–water partition coefficient (Wildman–Crippen LogP) is 1.59. The minimum Gasteiger partial charge on any atom is -0.497 e. The number of methoxy groups -OCH3 is 2. The summed E-state index contributed by atoms with van der Waals surface area (Å²) in [7, 11) is 3.23. The van der Waals surface area contributed by atoms with E-state index in [0.29, 0.717) is 25.2 Å². The number of nitrogens with zero attached hydrogens (tertiary/aromatic N) is 1. The Kier molecular flexibility index (Phi) is 5.74. The van der Waals surface area contributed by atoms with E-state index in [0.717, 1.165) is 22.1 Å². The molecule has 0 spiro atoms. The van der Waals surface area contributed by atoms with Gasteiger partial charge in [-0.2, -0.15) is 0 Å². The number of rotatable bonds is 7. The van der Waals surface area contributed by atoms with Crippen molar-refractivity contribution in [2.45, 2.75) is 13.0 Å². The third kappa shape index (κ3) is 3.96. The maximum absolute atomic E-state index is 12.0. The van der Waals surface area contributed by atoms with Crippen molar-refractivity contribution in [3.05, 3.63) is 39.8 Å². The van der Waals surface area contributed by atoms with E-state index in [1.807, 2.05) is 18.2 Å². The quantitative estimate of drug-likeness (QED) is 0.809. The lowest BCUT2D eigenvalue weighted by Gasteiger charge is -2.10. The Morgan fingerprint density at radius 1 is 1.36 bits per heavy atom. The van der Waals surface area contributed by atoms with Crippen molar-refractivity contribution >= 4 is 17.2 Å². The number of thiazole rings is 1. The van der Waals surface area contributed by atoms with E-state index in [9.17, 15) is 4.79 Å². The van der Waals surface area contributed by atoms with Gasteiger partial charge in [-0.05, 0) is 30.2 Å².